The Balaban J connectivity index is 1.66. The average Bonchev–Trinajstić information content (AvgIpc) is 2.54. The first kappa shape index (κ1) is 12.5. The smallest absolute Gasteiger partial charge is 0.161 e. The van der Waals surface area contributed by atoms with E-state index in [9.17, 15) is 0 Å². The van der Waals surface area contributed by atoms with Crippen molar-refractivity contribution in [1.29, 1.82) is 0 Å². The van der Waals surface area contributed by atoms with E-state index >= 15 is 0 Å². The zero-order valence-corrected chi connectivity index (χ0v) is 11.6. The minimum Gasteiger partial charge on any atom is -0.486 e. The van der Waals surface area contributed by atoms with Crippen LogP contribution in [-0.4, -0.2) is 13.2 Å². The molecule has 4 heteroatoms. The summed E-state index contributed by atoms with van der Waals surface area (Å²) in [4.78, 5) is 0. The van der Waals surface area contributed by atoms with E-state index < -0.39 is 0 Å². The Labute approximate surface area is 123 Å². The molecule has 0 saturated heterocycles. The number of para-hydroxylation sites is 1. The van der Waals surface area contributed by atoms with Crippen LogP contribution < -0.4 is 19.9 Å². The van der Waals surface area contributed by atoms with Crippen molar-refractivity contribution in [3.05, 3.63) is 53.6 Å². The number of benzene rings is 2. The largest absolute Gasteiger partial charge is 0.486 e. The summed E-state index contributed by atoms with van der Waals surface area (Å²) in [7, 11) is 0. The molecule has 0 saturated carbocycles. The molecule has 0 radical (unpaired) electrons. The number of nitrogens with two attached hydrogens (primary N) is 1. The molecule has 0 aromatic heterocycles. The van der Waals surface area contributed by atoms with Gasteiger partial charge in [0, 0.05) is 18.0 Å². The summed E-state index contributed by atoms with van der Waals surface area (Å²) in [6.07, 6.45) is 0.710. The monoisotopic (exact) mass is 283 g/mol. The number of rotatable bonds is 1. The molecule has 108 valence electrons. The lowest BCUT2D eigenvalue weighted by molar-refractivity contribution is 0.156. The number of ether oxygens (including phenoxy) is 3. The van der Waals surface area contributed by atoms with Crippen LogP contribution in [0, 0.1) is 0 Å². The van der Waals surface area contributed by atoms with E-state index in [1.165, 1.54) is 0 Å². The summed E-state index contributed by atoms with van der Waals surface area (Å²) in [5, 5.41) is 0. The van der Waals surface area contributed by atoms with Gasteiger partial charge in [-0.05, 0) is 23.8 Å². The minimum absolute atomic E-state index is 0.00634. The van der Waals surface area contributed by atoms with E-state index in [4.69, 9.17) is 19.9 Å². The normalized spacial score (nSPS) is 23.1. The molecule has 2 unspecified atom stereocenters. The van der Waals surface area contributed by atoms with Crippen molar-refractivity contribution in [2.75, 3.05) is 13.2 Å². The molecule has 2 heterocycles. The fraction of sp³-hybridized carbons (Fsp3) is 0.294. The van der Waals surface area contributed by atoms with Gasteiger partial charge in [-0.3, -0.25) is 0 Å². The quantitative estimate of drug-likeness (QED) is 0.874. The topological polar surface area (TPSA) is 53.7 Å². The second-order valence-corrected chi connectivity index (χ2v) is 5.39. The first-order valence-electron chi connectivity index (χ1n) is 7.22. The van der Waals surface area contributed by atoms with Gasteiger partial charge < -0.3 is 19.9 Å². The van der Waals surface area contributed by atoms with Gasteiger partial charge in [0.05, 0.1) is 0 Å². The predicted molar refractivity (Wildman–Crippen MR) is 78.8 cm³/mol. The zero-order valence-electron chi connectivity index (χ0n) is 11.6. The molecule has 0 aliphatic carbocycles. The Bertz CT molecular complexity index is 671. The molecule has 0 bridgehead atoms. The molecular weight excluding hydrogens is 266 g/mol. The van der Waals surface area contributed by atoms with Gasteiger partial charge in [-0.1, -0.05) is 24.3 Å². The van der Waals surface area contributed by atoms with Gasteiger partial charge in [0.2, 0.25) is 0 Å². The number of hydrogen-bond acceptors (Lipinski definition) is 4. The summed E-state index contributed by atoms with van der Waals surface area (Å²) in [5.41, 5.74) is 8.42. The summed E-state index contributed by atoms with van der Waals surface area (Å²) < 4.78 is 17.3. The Morgan fingerprint density at radius 2 is 1.71 bits per heavy atom. The fourth-order valence-electron chi connectivity index (χ4n) is 2.92. The summed E-state index contributed by atoms with van der Waals surface area (Å²) in [6, 6.07) is 13.9. The number of fused-ring (bicyclic) bond motifs is 2. The molecule has 0 spiro atoms. The Morgan fingerprint density at radius 1 is 0.905 bits per heavy atom. The van der Waals surface area contributed by atoms with E-state index in [2.05, 4.69) is 0 Å². The highest BCUT2D eigenvalue weighted by molar-refractivity contribution is 5.46. The standard InChI is InChI=1S/C17H17NO3/c18-13-10-16(21-14-4-2-1-3-12(13)14)11-5-6-15-17(9-11)20-8-7-19-15/h1-6,9,13,16H,7-8,10,18H2. The fourth-order valence-corrected chi connectivity index (χ4v) is 2.92. The zero-order chi connectivity index (χ0) is 14.2. The van der Waals surface area contributed by atoms with Crippen LogP contribution >= 0.6 is 0 Å². The first-order valence-corrected chi connectivity index (χ1v) is 7.22. The molecule has 0 fully saturated rings. The van der Waals surface area contributed by atoms with Crippen molar-refractivity contribution < 1.29 is 14.2 Å². The van der Waals surface area contributed by atoms with Gasteiger partial charge in [-0.2, -0.15) is 0 Å². The third kappa shape index (κ3) is 2.21. The summed E-state index contributed by atoms with van der Waals surface area (Å²) in [5.74, 6) is 2.46. The molecule has 2 N–H and O–H groups in total. The molecule has 4 rings (SSSR count). The van der Waals surface area contributed by atoms with Crippen LogP contribution in [0.4, 0.5) is 0 Å². The van der Waals surface area contributed by atoms with Crippen molar-refractivity contribution in [3.63, 3.8) is 0 Å². The molecular formula is C17H17NO3. The van der Waals surface area contributed by atoms with Gasteiger partial charge in [-0.25, -0.2) is 0 Å². The molecule has 2 aliphatic rings. The maximum Gasteiger partial charge on any atom is 0.161 e. The highest BCUT2D eigenvalue weighted by Gasteiger charge is 2.27. The molecule has 0 amide bonds. The second-order valence-electron chi connectivity index (χ2n) is 5.39. The highest BCUT2D eigenvalue weighted by Crippen LogP contribution is 2.41. The molecule has 2 aromatic carbocycles. The van der Waals surface area contributed by atoms with E-state index in [1.807, 2.05) is 42.5 Å². The SMILES string of the molecule is NC1CC(c2ccc3c(c2)OCCO3)Oc2ccccc21. The van der Waals surface area contributed by atoms with Crippen LogP contribution in [0.3, 0.4) is 0 Å². The molecule has 2 aliphatic heterocycles. The highest BCUT2D eigenvalue weighted by atomic mass is 16.6. The first-order chi connectivity index (χ1) is 10.3. The Kier molecular flexibility index (Phi) is 2.97. The van der Waals surface area contributed by atoms with Gasteiger partial charge in [0.1, 0.15) is 25.1 Å². The van der Waals surface area contributed by atoms with Crippen LogP contribution in [0.2, 0.25) is 0 Å². The summed E-state index contributed by atoms with van der Waals surface area (Å²) >= 11 is 0. The van der Waals surface area contributed by atoms with Gasteiger partial charge >= 0.3 is 0 Å². The maximum atomic E-state index is 6.28. The van der Waals surface area contributed by atoms with Gasteiger partial charge in [-0.15, -0.1) is 0 Å². The van der Waals surface area contributed by atoms with Gasteiger partial charge in [0.25, 0.3) is 0 Å². The predicted octanol–water partition coefficient (Wildman–Crippen LogP) is 2.98. The van der Waals surface area contributed by atoms with Crippen LogP contribution in [0.5, 0.6) is 17.2 Å². The van der Waals surface area contributed by atoms with Crippen LogP contribution in [-0.2, 0) is 0 Å². The Hall–Kier alpha value is -2.20. The van der Waals surface area contributed by atoms with Crippen LogP contribution in [0.15, 0.2) is 42.5 Å². The van der Waals surface area contributed by atoms with Crippen molar-refractivity contribution >= 4 is 0 Å². The second kappa shape index (κ2) is 4.97. The summed E-state index contributed by atoms with van der Waals surface area (Å²) in [6.45, 7) is 1.19. The lowest BCUT2D eigenvalue weighted by atomic mass is 9.93. The van der Waals surface area contributed by atoms with Crippen LogP contribution in [0.25, 0.3) is 0 Å². The van der Waals surface area contributed by atoms with Crippen molar-refractivity contribution in [3.8, 4) is 17.2 Å². The lowest BCUT2D eigenvalue weighted by Gasteiger charge is -2.31. The molecule has 2 aromatic rings. The molecule has 21 heavy (non-hydrogen) atoms. The van der Waals surface area contributed by atoms with Gasteiger partial charge in [0.15, 0.2) is 11.5 Å². The third-order valence-electron chi connectivity index (χ3n) is 3.99. The molecule has 4 nitrogen and oxygen atoms in total. The van der Waals surface area contributed by atoms with Crippen molar-refractivity contribution in [2.24, 2.45) is 5.73 Å². The van der Waals surface area contributed by atoms with Crippen LogP contribution in [0.1, 0.15) is 29.7 Å². The van der Waals surface area contributed by atoms with E-state index in [0.29, 0.717) is 13.2 Å². The lowest BCUT2D eigenvalue weighted by Crippen LogP contribution is -2.24. The number of hydrogen-bond donors (Lipinski definition) is 1. The van der Waals surface area contributed by atoms with Crippen molar-refractivity contribution in [2.45, 2.75) is 18.6 Å². The van der Waals surface area contributed by atoms with Crippen molar-refractivity contribution in [1.82, 2.24) is 0 Å². The Morgan fingerprint density at radius 3 is 2.62 bits per heavy atom. The van der Waals surface area contributed by atoms with E-state index in [0.717, 1.165) is 34.8 Å². The molecule has 2 atom stereocenters. The minimum atomic E-state index is -0.0503. The third-order valence-corrected chi connectivity index (χ3v) is 3.99. The van der Waals surface area contributed by atoms with E-state index in [1.54, 1.807) is 0 Å². The average molecular weight is 283 g/mol. The maximum absolute atomic E-state index is 6.28. The van der Waals surface area contributed by atoms with E-state index in [-0.39, 0.29) is 12.1 Å².